The summed E-state index contributed by atoms with van der Waals surface area (Å²) in [7, 11) is -3.76. The summed E-state index contributed by atoms with van der Waals surface area (Å²) >= 11 is 0. The molecule has 2 atom stereocenters. The number of alkyl halides is 3. The van der Waals surface area contributed by atoms with Gasteiger partial charge in [0.25, 0.3) is 0 Å². The fourth-order valence-corrected chi connectivity index (χ4v) is 4.15. The average Bonchev–Trinajstić information content (AvgIpc) is 3.14. The highest BCUT2D eigenvalue weighted by Crippen LogP contribution is 2.39. The van der Waals surface area contributed by atoms with E-state index in [-0.39, 0.29) is 16.9 Å². The first kappa shape index (κ1) is 14.4. The highest BCUT2D eigenvalue weighted by atomic mass is 32.2. The molecule has 0 amide bonds. The lowest BCUT2D eigenvalue weighted by Gasteiger charge is -2.19. The SMILES string of the molecule is O=S(=O)(c1ccc(C(F)(F)F)cc1)C1NC=NC1C1CC1. The van der Waals surface area contributed by atoms with Gasteiger partial charge in [-0.2, -0.15) is 13.2 Å². The molecule has 4 nitrogen and oxygen atoms in total. The Hall–Kier alpha value is -1.57. The Kier molecular flexibility index (Phi) is 3.23. The van der Waals surface area contributed by atoms with Gasteiger partial charge in [-0.15, -0.1) is 0 Å². The van der Waals surface area contributed by atoms with Gasteiger partial charge in [0, 0.05) is 0 Å². The Balaban J connectivity index is 1.88. The van der Waals surface area contributed by atoms with Gasteiger partial charge in [-0.1, -0.05) is 0 Å². The minimum absolute atomic E-state index is 0.121. The maximum absolute atomic E-state index is 12.5. The maximum atomic E-state index is 12.5. The number of benzene rings is 1. The molecule has 0 spiro atoms. The predicted octanol–water partition coefficient (Wildman–Crippen LogP) is 2.22. The van der Waals surface area contributed by atoms with Crippen LogP contribution in [0, 0.1) is 5.92 Å². The van der Waals surface area contributed by atoms with Gasteiger partial charge in [0.1, 0.15) is 0 Å². The zero-order valence-corrected chi connectivity index (χ0v) is 11.7. The van der Waals surface area contributed by atoms with Crippen LogP contribution in [0.1, 0.15) is 18.4 Å². The summed E-state index contributed by atoms with van der Waals surface area (Å²) in [6.07, 6.45) is -1.24. The fourth-order valence-electron chi connectivity index (χ4n) is 2.44. The summed E-state index contributed by atoms with van der Waals surface area (Å²) in [4.78, 5) is 4.01. The molecule has 1 aromatic rings. The van der Waals surface area contributed by atoms with E-state index in [1.807, 2.05) is 0 Å². The van der Waals surface area contributed by atoms with E-state index in [1.54, 1.807) is 0 Å². The number of halogens is 3. The number of nitrogens with one attached hydrogen (secondary N) is 1. The van der Waals surface area contributed by atoms with Gasteiger partial charge in [0.15, 0.2) is 5.37 Å². The van der Waals surface area contributed by atoms with Crippen LogP contribution in [0.5, 0.6) is 0 Å². The third kappa shape index (κ3) is 2.64. The number of rotatable bonds is 3. The number of aliphatic imine (C=N–C) groups is 1. The van der Waals surface area contributed by atoms with Crippen LogP contribution >= 0.6 is 0 Å². The van der Waals surface area contributed by atoms with E-state index in [0.29, 0.717) is 0 Å². The van der Waals surface area contributed by atoms with Crippen LogP contribution in [0.2, 0.25) is 0 Å². The smallest absolute Gasteiger partial charge is 0.358 e. The van der Waals surface area contributed by atoms with Gasteiger partial charge in [-0.3, -0.25) is 4.99 Å². The highest BCUT2D eigenvalue weighted by molar-refractivity contribution is 7.92. The number of hydrogen-bond donors (Lipinski definition) is 1. The second kappa shape index (κ2) is 4.72. The van der Waals surface area contributed by atoms with E-state index in [0.717, 1.165) is 37.1 Å². The van der Waals surface area contributed by atoms with Crippen LogP contribution < -0.4 is 5.32 Å². The summed E-state index contributed by atoms with van der Waals surface area (Å²) < 4.78 is 62.6. The topological polar surface area (TPSA) is 58.5 Å². The average molecular weight is 318 g/mol. The second-order valence-corrected chi connectivity index (χ2v) is 7.33. The molecule has 1 aromatic carbocycles. The summed E-state index contributed by atoms with van der Waals surface area (Å²) in [6, 6.07) is 3.23. The molecule has 0 aromatic heterocycles. The number of hydrogen-bond acceptors (Lipinski definition) is 4. The molecule has 21 heavy (non-hydrogen) atoms. The van der Waals surface area contributed by atoms with Crippen molar-refractivity contribution in [1.29, 1.82) is 0 Å². The van der Waals surface area contributed by atoms with Crippen LogP contribution in [0.15, 0.2) is 34.2 Å². The van der Waals surface area contributed by atoms with Crippen molar-refractivity contribution in [3.05, 3.63) is 29.8 Å². The van der Waals surface area contributed by atoms with Crippen LogP contribution in [0.3, 0.4) is 0 Å². The number of nitrogens with zero attached hydrogens (tertiary/aromatic N) is 1. The van der Waals surface area contributed by atoms with Crippen molar-refractivity contribution in [2.24, 2.45) is 10.9 Å². The summed E-state index contributed by atoms with van der Waals surface area (Å²) in [5, 5.41) is 1.82. The molecule has 2 unspecified atom stereocenters. The molecule has 1 fully saturated rings. The molecule has 0 bridgehead atoms. The van der Waals surface area contributed by atoms with Gasteiger partial charge in [-0.25, -0.2) is 8.42 Å². The molecular formula is C13H13F3N2O2S. The molecule has 3 rings (SSSR count). The van der Waals surface area contributed by atoms with Gasteiger partial charge in [0.05, 0.1) is 22.8 Å². The van der Waals surface area contributed by atoms with Crippen LogP contribution in [0.25, 0.3) is 0 Å². The zero-order valence-electron chi connectivity index (χ0n) is 10.8. The van der Waals surface area contributed by atoms with E-state index in [1.165, 1.54) is 6.34 Å². The lowest BCUT2D eigenvalue weighted by Crippen LogP contribution is -2.40. The standard InChI is InChI=1S/C13H13F3N2O2S/c14-13(15,16)9-3-5-10(6-4-9)21(19,20)12-11(8-1-2-8)17-7-18-12/h3-8,11-12H,1-2H2,(H,17,18). The molecule has 1 aliphatic heterocycles. The monoisotopic (exact) mass is 318 g/mol. The quantitative estimate of drug-likeness (QED) is 0.929. The normalized spacial score (nSPS) is 25.9. The Bertz CT molecular complexity index is 664. The molecule has 114 valence electrons. The molecule has 8 heteroatoms. The molecule has 1 heterocycles. The van der Waals surface area contributed by atoms with Crippen molar-refractivity contribution >= 4 is 16.2 Å². The van der Waals surface area contributed by atoms with E-state index >= 15 is 0 Å². The van der Waals surface area contributed by atoms with Crippen molar-refractivity contribution in [2.75, 3.05) is 0 Å². The van der Waals surface area contributed by atoms with Crippen molar-refractivity contribution in [3.63, 3.8) is 0 Å². The Labute approximate surface area is 120 Å². The van der Waals surface area contributed by atoms with E-state index in [9.17, 15) is 21.6 Å². The highest BCUT2D eigenvalue weighted by Gasteiger charge is 2.45. The molecule has 0 radical (unpaired) electrons. The lowest BCUT2D eigenvalue weighted by molar-refractivity contribution is -0.137. The molecule has 1 aliphatic carbocycles. The molecule has 0 saturated heterocycles. The van der Waals surface area contributed by atoms with Crippen molar-refractivity contribution in [1.82, 2.24) is 5.32 Å². The van der Waals surface area contributed by atoms with Crippen LogP contribution in [0.4, 0.5) is 13.2 Å². The fraction of sp³-hybridized carbons (Fsp3) is 0.462. The Morgan fingerprint density at radius 3 is 2.29 bits per heavy atom. The van der Waals surface area contributed by atoms with Crippen molar-refractivity contribution < 1.29 is 21.6 Å². The van der Waals surface area contributed by atoms with Crippen LogP contribution in [-0.4, -0.2) is 26.2 Å². The minimum atomic E-state index is -4.48. The van der Waals surface area contributed by atoms with E-state index in [2.05, 4.69) is 10.3 Å². The van der Waals surface area contributed by atoms with Gasteiger partial charge >= 0.3 is 6.18 Å². The minimum Gasteiger partial charge on any atom is -0.358 e. The van der Waals surface area contributed by atoms with Crippen molar-refractivity contribution in [2.45, 2.75) is 35.3 Å². The van der Waals surface area contributed by atoms with E-state index in [4.69, 9.17) is 0 Å². The summed E-state index contributed by atoms with van der Waals surface area (Å²) in [5.41, 5.74) is -0.865. The largest absolute Gasteiger partial charge is 0.416 e. The van der Waals surface area contributed by atoms with Gasteiger partial charge < -0.3 is 5.32 Å². The zero-order chi connectivity index (χ0) is 15.3. The first-order valence-corrected chi connectivity index (χ1v) is 8.03. The Morgan fingerprint density at radius 2 is 1.76 bits per heavy atom. The first-order valence-electron chi connectivity index (χ1n) is 6.49. The predicted molar refractivity (Wildman–Crippen MR) is 70.6 cm³/mol. The molecule has 2 aliphatic rings. The first-order chi connectivity index (χ1) is 9.80. The molecule has 1 N–H and O–H groups in total. The third-order valence-corrected chi connectivity index (χ3v) is 5.76. The van der Waals surface area contributed by atoms with E-state index < -0.39 is 27.0 Å². The van der Waals surface area contributed by atoms with Gasteiger partial charge in [0.2, 0.25) is 9.84 Å². The lowest BCUT2D eigenvalue weighted by atomic mass is 10.2. The third-order valence-electron chi connectivity index (χ3n) is 3.75. The summed E-state index contributed by atoms with van der Waals surface area (Å²) in [5.74, 6) is 0.241. The van der Waals surface area contributed by atoms with Crippen LogP contribution in [-0.2, 0) is 16.0 Å². The summed E-state index contributed by atoms with van der Waals surface area (Å²) in [6.45, 7) is 0. The number of sulfone groups is 1. The van der Waals surface area contributed by atoms with Crippen molar-refractivity contribution in [3.8, 4) is 0 Å². The Morgan fingerprint density at radius 1 is 1.14 bits per heavy atom. The van der Waals surface area contributed by atoms with Gasteiger partial charge in [-0.05, 0) is 43.0 Å². The second-order valence-electron chi connectivity index (χ2n) is 5.26. The molecular weight excluding hydrogens is 305 g/mol. The maximum Gasteiger partial charge on any atom is 0.416 e. The molecule has 1 saturated carbocycles.